The highest BCUT2D eigenvalue weighted by Gasteiger charge is 2.48. The van der Waals surface area contributed by atoms with Crippen LogP contribution in [-0.2, 0) is 14.3 Å². The summed E-state index contributed by atoms with van der Waals surface area (Å²) < 4.78 is 16.3. The number of ether oxygens (including phenoxy) is 3. The number of carbonyl (C=O) groups is 3. The Bertz CT molecular complexity index is 1430. The second-order valence-electron chi connectivity index (χ2n) is 9.22. The van der Waals surface area contributed by atoms with Gasteiger partial charge in [0.15, 0.2) is 5.13 Å². The number of aromatic nitrogens is 1. The Morgan fingerprint density at radius 2 is 1.75 bits per heavy atom. The van der Waals surface area contributed by atoms with Crippen LogP contribution >= 0.6 is 11.3 Å². The number of carbonyl (C=O) groups excluding carboxylic acids is 3. The topological polar surface area (TPSA) is 115 Å². The Kier molecular flexibility index (Phi) is 9.21. The lowest BCUT2D eigenvalue weighted by Crippen LogP contribution is -2.29. The van der Waals surface area contributed by atoms with Crippen LogP contribution in [0.3, 0.4) is 0 Å². The van der Waals surface area contributed by atoms with Crippen LogP contribution in [-0.4, -0.2) is 48.1 Å². The third-order valence-corrected chi connectivity index (χ3v) is 7.49. The highest BCUT2D eigenvalue weighted by Crippen LogP contribution is 2.44. The first-order valence-corrected chi connectivity index (χ1v) is 13.9. The fourth-order valence-corrected chi connectivity index (χ4v) is 5.31. The monoisotopic (exact) mass is 564 g/mol. The first-order chi connectivity index (χ1) is 19.3. The molecule has 0 bridgehead atoms. The van der Waals surface area contributed by atoms with E-state index in [1.807, 2.05) is 6.92 Å². The molecule has 2 heterocycles. The molecule has 1 aliphatic rings. The molecular weight excluding hydrogens is 532 g/mol. The third-order valence-electron chi connectivity index (χ3n) is 6.35. The van der Waals surface area contributed by atoms with E-state index >= 15 is 0 Å². The number of hydrogen-bond acceptors (Lipinski definition) is 9. The quantitative estimate of drug-likeness (QED) is 0.102. The summed E-state index contributed by atoms with van der Waals surface area (Å²) in [7, 11) is 1.26. The highest BCUT2D eigenvalue weighted by atomic mass is 32.1. The number of ketones is 1. The normalized spacial score (nSPS) is 16.3. The average molecular weight is 565 g/mol. The van der Waals surface area contributed by atoms with Gasteiger partial charge in [0, 0.05) is 5.56 Å². The van der Waals surface area contributed by atoms with Gasteiger partial charge in [-0.2, -0.15) is 0 Å². The number of rotatable bonds is 11. The van der Waals surface area contributed by atoms with Crippen LogP contribution in [0.15, 0.2) is 54.1 Å². The molecule has 4 rings (SSSR count). The average Bonchev–Trinajstić information content (AvgIpc) is 3.47. The minimum Gasteiger partial charge on any atom is -0.507 e. The molecule has 0 saturated carbocycles. The number of aliphatic hydroxyl groups excluding tert-OH is 1. The SMILES string of the molecule is CCCCOc1cccc(/C(O)=C2\C(=O)C(=O)N(c3nc(C)c(C(=O)OC)s3)C2c2ccc(OCCC)cc2)c1. The first-order valence-electron chi connectivity index (χ1n) is 13.1. The number of methoxy groups -OCH3 is 1. The van der Waals surface area contributed by atoms with E-state index in [0.29, 0.717) is 41.5 Å². The summed E-state index contributed by atoms with van der Waals surface area (Å²) >= 11 is 0.949. The fraction of sp³-hybridized carbons (Fsp3) is 0.333. The van der Waals surface area contributed by atoms with E-state index in [1.165, 1.54) is 12.0 Å². The van der Waals surface area contributed by atoms with Crippen molar-refractivity contribution in [1.82, 2.24) is 4.98 Å². The van der Waals surface area contributed by atoms with Crippen molar-refractivity contribution in [2.75, 3.05) is 25.2 Å². The largest absolute Gasteiger partial charge is 0.507 e. The van der Waals surface area contributed by atoms with Gasteiger partial charge >= 0.3 is 11.9 Å². The fourth-order valence-electron chi connectivity index (χ4n) is 4.30. The standard InChI is InChI=1S/C30H32N2O7S/c1-5-7-16-39-22-10-8-9-20(17-22)25(33)23-24(19-11-13-21(14-12-19)38-15-6-2)32(28(35)26(23)34)30-31-18(3)27(40-30)29(36)37-4/h8-14,17,24,33H,5-7,15-16H2,1-4H3/b25-23+. The van der Waals surface area contributed by atoms with Crippen LogP contribution in [0.1, 0.15) is 65.6 Å². The summed E-state index contributed by atoms with van der Waals surface area (Å²) in [5.74, 6) is -1.47. The molecule has 40 heavy (non-hydrogen) atoms. The van der Waals surface area contributed by atoms with Gasteiger partial charge in [0.05, 0.1) is 37.6 Å². The number of benzene rings is 2. The van der Waals surface area contributed by atoms with Gasteiger partial charge in [0.2, 0.25) is 0 Å². The van der Waals surface area contributed by atoms with Gasteiger partial charge in [-0.15, -0.1) is 0 Å². The second-order valence-corrected chi connectivity index (χ2v) is 10.2. The van der Waals surface area contributed by atoms with Gasteiger partial charge in [-0.25, -0.2) is 9.78 Å². The van der Waals surface area contributed by atoms with Crippen LogP contribution < -0.4 is 14.4 Å². The number of unbranched alkanes of at least 4 members (excludes halogenated alkanes) is 1. The van der Waals surface area contributed by atoms with Crippen LogP contribution in [0.5, 0.6) is 11.5 Å². The first kappa shape index (κ1) is 28.8. The highest BCUT2D eigenvalue weighted by molar-refractivity contribution is 7.17. The van der Waals surface area contributed by atoms with Crippen molar-refractivity contribution in [2.24, 2.45) is 0 Å². The zero-order valence-corrected chi connectivity index (χ0v) is 23.7. The lowest BCUT2D eigenvalue weighted by molar-refractivity contribution is -0.132. The minimum atomic E-state index is -0.999. The Labute approximate surface area is 237 Å². The van der Waals surface area contributed by atoms with Crippen molar-refractivity contribution in [2.45, 2.75) is 46.1 Å². The maximum Gasteiger partial charge on any atom is 0.350 e. The van der Waals surface area contributed by atoms with E-state index in [4.69, 9.17) is 14.2 Å². The van der Waals surface area contributed by atoms with Gasteiger partial charge in [0.25, 0.3) is 5.78 Å². The number of amides is 1. The van der Waals surface area contributed by atoms with Crippen molar-refractivity contribution in [3.8, 4) is 11.5 Å². The molecule has 1 amide bonds. The maximum absolute atomic E-state index is 13.5. The van der Waals surface area contributed by atoms with Crippen LogP contribution in [0.4, 0.5) is 5.13 Å². The zero-order valence-electron chi connectivity index (χ0n) is 22.9. The molecule has 1 unspecified atom stereocenters. The predicted octanol–water partition coefficient (Wildman–Crippen LogP) is 5.83. The van der Waals surface area contributed by atoms with Crippen LogP contribution in [0.2, 0.25) is 0 Å². The third kappa shape index (κ3) is 5.86. The molecule has 1 saturated heterocycles. The van der Waals surface area contributed by atoms with Crippen molar-refractivity contribution in [3.05, 3.63) is 75.8 Å². The van der Waals surface area contributed by atoms with E-state index in [0.717, 1.165) is 30.6 Å². The van der Waals surface area contributed by atoms with E-state index < -0.39 is 23.7 Å². The van der Waals surface area contributed by atoms with E-state index in [1.54, 1.807) is 55.5 Å². The molecule has 1 aromatic heterocycles. The van der Waals surface area contributed by atoms with E-state index in [2.05, 4.69) is 11.9 Å². The lowest BCUT2D eigenvalue weighted by atomic mass is 9.95. The number of anilines is 1. The molecule has 0 radical (unpaired) electrons. The number of Topliss-reactive ketones (excluding diaryl/α,β-unsaturated/α-hetero) is 1. The number of aliphatic hydroxyl groups is 1. The van der Waals surface area contributed by atoms with E-state index in [9.17, 15) is 19.5 Å². The number of aryl methyl sites for hydroxylation is 1. The Balaban J connectivity index is 1.84. The maximum atomic E-state index is 13.5. The van der Waals surface area contributed by atoms with Gasteiger partial charge in [0.1, 0.15) is 22.1 Å². The number of esters is 1. The molecule has 1 N–H and O–H groups in total. The second kappa shape index (κ2) is 12.8. The minimum absolute atomic E-state index is 0.0922. The van der Waals surface area contributed by atoms with Crippen molar-refractivity contribution < 1.29 is 33.7 Å². The summed E-state index contributed by atoms with van der Waals surface area (Å²) in [5, 5.41) is 11.6. The molecule has 2 aromatic carbocycles. The smallest absolute Gasteiger partial charge is 0.350 e. The number of hydrogen-bond donors (Lipinski definition) is 1. The molecule has 0 spiro atoms. The molecule has 3 aromatic rings. The number of thiazole rings is 1. The predicted molar refractivity (Wildman–Crippen MR) is 152 cm³/mol. The molecule has 210 valence electrons. The lowest BCUT2D eigenvalue weighted by Gasteiger charge is -2.23. The Morgan fingerprint density at radius 1 is 1.02 bits per heavy atom. The Morgan fingerprint density at radius 3 is 2.42 bits per heavy atom. The number of nitrogens with zero attached hydrogens (tertiary/aromatic N) is 2. The summed E-state index contributed by atoms with van der Waals surface area (Å²) in [6, 6.07) is 12.8. The van der Waals surface area contributed by atoms with Gasteiger partial charge in [-0.3, -0.25) is 14.5 Å². The summed E-state index contributed by atoms with van der Waals surface area (Å²) in [5.41, 5.74) is 1.18. The van der Waals surface area contributed by atoms with Crippen molar-refractivity contribution in [1.29, 1.82) is 0 Å². The molecule has 1 atom stereocenters. The van der Waals surface area contributed by atoms with Crippen LogP contribution in [0, 0.1) is 6.92 Å². The summed E-state index contributed by atoms with van der Waals surface area (Å²) in [6.45, 7) is 6.75. The Hall–Kier alpha value is -4.18. The zero-order chi connectivity index (χ0) is 28.8. The van der Waals surface area contributed by atoms with Crippen molar-refractivity contribution in [3.63, 3.8) is 0 Å². The molecule has 10 heteroatoms. The van der Waals surface area contributed by atoms with Gasteiger partial charge in [-0.05, 0) is 49.6 Å². The molecular formula is C30H32N2O7S. The van der Waals surface area contributed by atoms with Gasteiger partial charge < -0.3 is 19.3 Å². The van der Waals surface area contributed by atoms with Crippen LogP contribution in [0.25, 0.3) is 5.76 Å². The summed E-state index contributed by atoms with van der Waals surface area (Å²) in [6.07, 6.45) is 2.69. The van der Waals surface area contributed by atoms with E-state index in [-0.39, 0.29) is 21.3 Å². The molecule has 9 nitrogen and oxygen atoms in total. The molecule has 1 fully saturated rings. The molecule has 1 aliphatic heterocycles. The summed E-state index contributed by atoms with van der Waals surface area (Å²) in [4.78, 5) is 45.1. The van der Waals surface area contributed by atoms with Crippen molar-refractivity contribution >= 4 is 39.9 Å². The molecule has 0 aliphatic carbocycles. The van der Waals surface area contributed by atoms with Gasteiger partial charge in [-0.1, -0.05) is 55.9 Å².